The number of halogens is 1. The van der Waals surface area contributed by atoms with Crippen LogP contribution in [0.15, 0.2) is 47.4 Å². The summed E-state index contributed by atoms with van der Waals surface area (Å²) < 4.78 is 39.3. The molecule has 0 saturated carbocycles. The maximum atomic E-state index is 13.5. The SMILES string of the molecule is Cc1ccc(S(=O)(=O)N(C)CC(=O)NCc2ccc(C)c(F)c2)cc1. The Morgan fingerprint density at radius 2 is 1.76 bits per heavy atom. The van der Waals surface area contributed by atoms with Crippen LogP contribution in [0.2, 0.25) is 0 Å². The molecule has 134 valence electrons. The van der Waals surface area contributed by atoms with Crippen LogP contribution in [0.5, 0.6) is 0 Å². The zero-order valence-corrected chi connectivity index (χ0v) is 15.2. The zero-order chi connectivity index (χ0) is 18.6. The normalized spacial score (nSPS) is 11.6. The minimum absolute atomic E-state index is 0.133. The highest BCUT2D eigenvalue weighted by molar-refractivity contribution is 7.89. The van der Waals surface area contributed by atoms with Gasteiger partial charge in [0.05, 0.1) is 11.4 Å². The Balaban J connectivity index is 1.97. The monoisotopic (exact) mass is 364 g/mol. The molecule has 2 rings (SSSR count). The number of likely N-dealkylation sites (N-methyl/N-ethyl adjacent to an activating group) is 1. The number of nitrogens with zero attached hydrogens (tertiary/aromatic N) is 1. The summed E-state index contributed by atoms with van der Waals surface area (Å²) in [4.78, 5) is 12.1. The fraction of sp³-hybridized carbons (Fsp3) is 0.278. The van der Waals surface area contributed by atoms with Gasteiger partial charge in [-0.25, -0.2) is 12.8 Å². The van der Waals surface area contributed by atoms with Crippen LogP contribution in [-0.2, 0) is 21.4 Å². The van der Waals surface area contributed by atoms with Crippen LogP contribution >= 0.6 is 0 Å². The number of sulfonamides is 1. The molecule has 0 fully saturated rings. The summed E-state index contributed by atoms with van der Waals surface area (Å²) in [6.07, 6.45) is 0. The molecule has 0 radical (unpaired) electrons. The third-order valence-corrected chi connectivity index (χ3v) is 5.64. The first-order valence-electron chi connectivity index (χ1n) is 7.75. The van der Waals surface area contributed by atoms with Crippen molar-refractivity contribution >= 4 is 15.9 Å². The van der Waals surface area contributed by atoms with Crippen LogP contribution < -0.4 is 5.32 Å². The zero-order valence-electron chi connectivity index (χ0n) is 14.4. The molecule has 1 N–H and O–H groups in total. The molecule has 7 heteroatoms. The molecule has 0 aliphatic rings. The van der Waals surface area contributed by atoms with E-state index >= 15 is 0 Å². The Kier molecular flexibility index (Phi) is 5.92. The molecule has 1 amide bonds. The van der Waals surface area contributed by atoms with Crippen molar-refractivity contribution in [3.05, 3.63) is 65.0 Å². The summed E-state index contributed by atoms with van der Waals surface area (Å²) in [5.41, 5.74) is 2.09. The maximum Gasteiger partial charge on any atom is 0.243 e. The Bertz CT molecular complexity index is 864. The summed E-state index contributed by atoms with van der Waals surface area (Å²) in [6, 6.07) is 11.1. The standard InChI is InChI=1S/C18H21FN2O3S/c1-13-4-8-16(9-5-13)25(23,24)21(3)12-18(22)20-11-15-7-6-14(2)17(19)10-15/h4-10H,11-12H2,1-3H3,(H,20,22). The number of benzene rings is 2. The van der Waals surface area contributed by atoms with Crippen LogP contribution in [0.4, 0.5) is 4.39 Å². The second-order valence-corrected chi connectivity index (χ2v) is 7.98. The van der Waals surface area contributed by atoms with Crippen molar-refractivity contribution in [3.8, 4) is 0 Å². The van der Waals surface area contributed by atoms with Crippen LogP contribution in [0.25, 0.3) is 0 Å². The number of nitrogens with one attached hydrogen (secondary N) is 1. The third-order valence-electron chi connectivity index (χ3n) is 3.82. The molecule has 0 heterocycles. The van der Waals surface area contributed by atoms with Gasteiger partial charge in [-0.1, -0.05) is 29.8 Å². The number of hydrogen-bond donors (Lipinski definition) is 1. The van der Waals surface area contributed by atoms with E-state index in [0.717, 1.165) is 9.87 Å². The van der Waals surface area contributed by atoms with E-state index in [1.165, 1.54) is 25.2 Å². The van der Waals surface area contributed by atoms with E-state index in [2.05, 4.69) is 5.32 Å². The first-order chi connectivity index (χ1) is 11.7. The van der Waals surface area contributed by atoms with Gasteiger partial charge >= 0.3 is 0 Å². The average Bonchev–Trinajstić information content (AvgIpc) is 2.56. The lowest BCUT2D eigenvalue weighted by Gasteiger charge is -2.17. The highest BCUT2D eigenvalue weighted by Gasteiger charge is 2.22. The van der Waals surface area contributed by atoms with Gasteiger partial charge in [0.25, 0.3) is 0 Å². The molecule has 2 aromatic carbocycles. The molecule has 0 spiro atoms. The quantitative estimate of drug-likeness (QED) is 0.856. The van der Waals surface area contributed by atoms with Crippen molar-refractivity contribution in [2.75, 3.05) is 13.6 Å². The van der Waals surface area contributed by atoms with Crippen LogP contribution in [0.3, 0.4) is 0 Å². The van der Waals surface area contributed by atoms with Gasteiger partial charge in [0.2, 0.25) is 15.9 Å². The third kappa shape index (κ3) is 4.87. The van der Waals surface area contributed by atoms with Crippen LogP contribution in [0, 0.1) is 19.7 Å². The second-order valence-electron chi connectivity index (χ2n) is 5.93. The summed E-state index contributed by atoms with van der Waals surface area (Å²) in [6.45, 7) is 3.34. The van der Waals surface area contributed by atoms with E-state index in [-0.39, 0.29) is 23.8 Å². The minimum atomic E-state index is -3.73. The lowest BCUT2D eigenvalue weighted by molar-refractivity contribution is -0.121. The topological polar surface area (TPSA) is 66.5 Å². The second kappa shape index (κ2) is 7.76. The molecule has 25 heavy (non-hydrogen) atoms. The summed E-state index contributed by atoms with van der Waals surface area (Å²) >= 11 is 0. The van der Waals surface area contributed by atoms with E-state index in [9.17, 15) is 17.6 Å². The fourth-order valence-electron chi connectivity index (χ4n) is 2.18. The predicted molar refractivity (Wildman–Crippen MR) is 94.0 cm³/mol. The van der Waals surface area contributed by atoms with Crippen molar-refractivity contribution in [1.29, 1.82) is 0 Å². The largest absolute Gasteiger partial charge is 0.351 e. The number of hydrogen-bond acceptors (Lipinski definition) is 3. The molecule has 0 unspecified atom stereocenters. The number of carbonyl (C=O) groups is 1. The Morgan fingerprint density at radius 3 is 2.36 bits per heavy atom. The van der Waals surface area contributed by atoms with Gasteiger partial charge in [0.15, 0.2) is 0 Å². The molecule has 5 nitrogen and oxygen atoms in total. The van der Waals surface area contributed by atoms with E-state index in [4.69, 9.17) is 0 Å². The number of amides is 1. The summed E-state index contributed by atoms with van der Waals surface area (Å²) in [5.74, 6) is -0.801. The summed E-state index contributed by atoms with van der Waals surface area (Å²) in [7, 11) is -2.39. The van der Waals surface area contributed by atoms with E-state index < -0.39 is 15.9 Å². The highest BCUT2D eigenvalue weighted by Crippen LogP contribution is 2.14. The van der Waals surface area contributed by atoms with Gasteiger partial charge in [0.1, 0.15) is 5.82 Å². The van der Waals surface area contributed by atoms with Gasteiger partial charge in [-0.05, 0) is 43.2 Å². The predicted octanol–water partition coefficient (Wildman–Crippen LogP) is 2.38. The number of rotatable bonds is 6. The molecule has 0 aliphatic carbocycles. The van der Waals surface area contributed by atoms with Crippen molar-refractivity contribution < 1.29 is 17.6 Å². The van der Waals surface area contributed by atoms with Gasteiger partial charge < -0.3 is 5.32 Å². The van der Waals surface area contributed by atoms with E-state index in [0.29, 0.717) is 11.1 Å². The van der Waals surface area contributed by atoms with Crippen LogP contribution in [-0.4, -0.2) is 32.2 Å². The lowest BCUT2D eigenvalue weighted by Crippen LogP contribution is -2.38. The molecular weight excluding hydrogens is 343 g/mol. The molecule has 0 saturated heterocycles. The Morgan fingerprint density at radius 1 is 1.12 bits per heavy atom. The average molecular weight is 364 g/mol. The van der Waals surface area contributed by atoms with E-state index in [1.807, 2.05) is 6.92 Å². The van der Waals surface area contributed by atoms with Crippen molar-refractivity contribution in [2.45, 2.75) is 25.3 Å². The van der Waals surface area contributed by atoms with Crippen molar-refractivity contribution in [2.24, 2.45) is 0 Å². The van der Waals surface area contributed by atoms with Crippen LogP contribution in [0.1, 0.15) is 16.7 Å². The smallest absolute Gasteiger partial charge is 0.243 e. The molecule has 0 aromatic heterocycles. The molecular formula is C18H21FN2O3S. The number of carbonyl (C=O) groups excluding carboxylic acids is 1. The Labute approximate surface area is 147 Å². The van der Waals surface area contributed by atoms with Gasteiger partial charge in [0, 0.05) is 13.6 Å². The number of aryl methyl sites for hydroxylation is 2. The van der Waals surface area contributed by atoms with Gasteiger partial charge in [-0.2, -0.15) is 4.31 Å². The molecule has 0 atom stereocenters. The van der Waals surface area contributed by atoms with Crippen molar-refractivity contribution in [3.63, 3.8) is 0 Å². The fourth-order valence-corrected chi connectivity index (χ4v) is 3.31. The maximum absolute atomic E-state index is 13.5. The van der Waals surface area contributed by atoms with E-state index in [1.54, 1.807) is 31.2 Å². The van der Waals surface area contributed by atoms with Crippen molar-refractivity contribution in [1.82, 2.24) is 9.62 Å². The minimum Gasteiger partial charge on any atom is -0.351 e. The first-order valence-corrected chi connectivity index (χ1v) is 9.19. The molecule has 0 aliphatic heterocycles. The molecule has 2 aromatic rings. The first kappa shape index (κ1) is 19.1. The van der Waals surface area contributed by atoms with Gasteiger partial charge in [-0.3, -0.25) is 4.79 Å². The Hall–Kier alpha value is -2.25. The van der Waals surface area contributed by atoms with Gasteiger partial charge in [-0.15, -0.1) is 0 Å². The lowest BCUT2D eigenvalue weighted by atomic mass is 10.1. The summed E-state index contributed by atoms with van der Waals surface area (Å²) in [5, 5.41) is 2.60. The molecule has 0 bridgehead atoms. The highest BCUT2D eigenvalue weighted by atomic mass is 32.2.